The second kappa shape index (κ2) is 7.68. The monoisotopic (exact) mass is 367 g/mol. The Kier molecular flexibility index (Phi) is 5.85. The molecule has 2 rings (SSSR count). The van der Waals surface area contributed by atoms with Gasteiger partial charge in [-0.15, -0.1) is 0 Å². The first-order valence-corrected chi connectivity index (χ1v) is 9.21. The van der Waals surface area contributed by atoms with Crippen LogP contribution in [0, 0.1) is 0 Å². The summed E-state index contributed by atoms with van der Waals surface area (Å²) in [5.41, 5.74) is 0.337. The number of hydrogen-bond acceptors (Lipinski definition) is 4. The van der Waals surface area contributed by atoms with Gasteiger partial charge >= 0.3 is 0 Å². The van der Waals surface area contributed by atoms with E-state index in [1.807, 2.05) is 6.92 Å². The molecule has 24 heavy (non-hydrogen) atoms. The van der Waals surface area contributed by atoms with Gasteiger partial charge in [-0.05, 0) is 61.8 Å². The van der Waals surface area contributed by atoms with Gasteiger partial charge in [-0.1, -0.05) is 18.2 Å². The number of halogens is 1. The van der Waals surface area contributed by atoms with E-state index in [9.17, 15) is 13.2 Å². The zero-order valence-corrected chi connectivity index (χ0v) is 14.9. The van der Waals surface area contributed by atoms with Crippen LogP contribution in [0.5, 0.6) is 5.75 Å². The summed E-state index contributed by atoms with van der Waals surface area (Å²) in [6.45, 7) is 3.81. The lowest BCUT2D eigenvalue weighted by Crippen LogP contribution is -2.42. The van der Waals surface area contributed by atoms with Gasteiger partial charge in [0.25, 0.3) is 10.0 Å². The van der Waals surface area contributed by atoms with Crippen molar-refractivity contribution < 1.29 is 17.9 Å². The number of sulfonamides is 1. The number of benzene rings is 2. The quantitative estimate of drug-likeness (QED) is 0.703. The highest BCUT2D eigenvalue weighted by molar-refractivity contribution is 7.93. The normalized spacial score (nSPS) is 12.5. The molecule has 0 aliphatic heterocycles. The highest BCUT2D eigenvalue weighted by Crippen LogP contribution is 2.28. The molecule has 0 amide bonds. The number of rotatable bonds is 7. The SMILES string of the molecule is CCOc1ccc(N(C(C)C(=O)Cl)S(=O)(=O)c2ccccc2)cc1. The number of anilines is 1. The van der Waals surface area contributed by atoms with E-state index in [1.165, 1.54) is 19.1 Å². The molecule has 0 N–H and O–H groups in total. The Morgan fingerprint density at radius 2 is 1.71 bits per heavy atom. The predicted molar refractivity (Wildman–Crippen MR) is 94.0 cm³/mol. The number of carbonyl (C=O) groups is 1. The van der Waals surface area contributed by atoms with Gasteiger partial charge in [0, 0.05) is 0 Å². The fourth-order valence-corrected chi connectivity index (χ4v) is 4.02. The smallest absolute Gasteiger partial charge is 0.265 e. The molecule has 2 aromatic rings. The highest BCUT2D eigenvalue weighted by Gasteiger charge is 2.32. The van der Waals surface area contributed by atoms with E-state index in [1.54, 1.807) is 42.5 Å². The molecule has 2 aromatic carbocycles. The lowest BCUT2D eigenvalue weighted by Gasteiger charge is -2.28. The van der Waals surface area contributed by atoms with Crippen molar-refractivity contribution in [2.24, 2.45) is 0 Å². The Morgan fingerprint density at radius 1 is 1.12 bits per heavy atom. The van der Waals surface area contributed by atoms with Crippen LogP contribution < -0.4 is 9.04 Å². The third-order valence-corrected chi connectivity index (χ3v) is 5.61. The Bertz CT molecular complexity index is 791. The first-order chi connectivity index (χ1) is 11.4. The molecule has 0 aromatic heterocycles. The molecule has 0 spiro atoms. The Hall–Kier alpha value is -2.05. The van der Waals surface area contributed by atoms with Gasteiger partial charge in [-0.3, -0.25) is 9.10 Å². The van der Waals surface area contributed by atoms with E-state index in [0.717, 1.165) is 4.31 Å². The molecule has 0 aliphatic carbocycles. The van der Waals surface area contributed by atoms with Gasteiger partial charge < -0.3 is 4.74 Å². The minimum Gasteiger partial charge on any atom is -0.494 e. The Labute approximate surface area is 146 Å². The largest absolute Gasteiger partial charge is 0.494 e. The van der Waals surface area contributed by atoms with Crippen molar-refractivity contribution in [1.29, 1.82) is 0 Å². The van der Waals surface area contributed by atoms with Crippen LogP contribution in [0.25, 0.3) is 0 Å². The lowest BCUT2D eigenvalue weighted by molar-refractivity contribution is -0.112. The average molecular weight is 368 g/mol. The molecule has 0 aliphatic rings. The average Bonchev–Trinajstić information content (AvgIpc) is 2.57. The summed E-state index contributed by atoms with van der Waals surface area (Å²) in [4.78, 5) is 11.7. The summed E-state index contributed by atoms with van der Waals surface area (Å²) < 4.78 is 32.3. The molecule has 0 heterocycles. The van der Waals surface area contributed by atoms with Gasteiger partial charge in [0.1, 0.15) is 11.8 Å². The van der Waals surface area contributed by atoms with E-state index in [0.29, 0.717) is 18.0 Å². The summed E-state index contributed by atoms with van der Waals surface area (Å²) in [6.07, 6.45) is 0. The van der Waals surface area contributed by atoms with Crippen molar-refractivity contribution in [2.45, 2.75) is 24.8 Å². The van der Waals surface area contributed by atoms with E-state index >= 15 is 0 Å². The molecule has 1 atom stereocenters. The zero-order valence-electron chi connectivity index (χ0n) is 13.3. The maximum absolute atomic E-state index is 13.0. The zero-order chi connectivity index (χ0) is 17.7. The molecule has 0 saturated carbocycles. The number of hydrogen-bond donors (Lipinski definition) is 0. The summed E-state index contributed by atoms with van der Waals surface area (Å²) in [7, 11) is -3.94. The van der Waals surface area contributed by atoms with E-state index in [4.69, 9.17) is 16.3 Å². The summed E-state index contributed by atoms with van der Waals surface area (Å²) >= 11 is 5.58. The van der Waals surface area contributed by atoms with Crippen LogP contribution in [-0.2, 0) is 14.8 Å². The van der Waals surface area contributed by atoms with E-state index in [2.05, 4.69) is 0 Å². The van der Waals surface area contributed by atoms with Crippen LogP contribution in [-0.4, -0.2) is 26.3 Å². The minimum atomic E-state index is -3.94. The second-order valence-corrected chi connectivity index (χ2v) is 7.21. The fourth-order valence-electron chi connectivity index (χ4n) is 2.22. The van der Waals surface area contributed by atoms with Crippen LogP contribution in [0.2, 0.25) is 0 Å². The standard InChI is InChI=1S/C17H18ClNO4S/c1-3-23-15-11-9-14(10-12-15)19(13(2)17(18)20)24(21,22)16-7-5-4-6-8-16/h4-13H,3H2,1-2H3. The summed E-state index contributed by atoms with van der Waals surface area (Å²) in [5.74, 6) is 0.614. The van der Waals surface area contributed by atoms with Crippen LogP contribution in [0.3, 0.4) is 0 Å². The van der Waals surface area contributed by atoms with Crippen molar-refractivity contribution in [3.05, 3.63) is 54.6 Å². The maximum atomic E-state index is 13.0. The van der Waals surface area contributed by atoms with E-state index < -0.39 is 21.3 Å². The fraction of sp³-hybridized carbons (Fsp3) is 0.235. The summed E-state index contributed by atoms with van der Waals surface area (Å²) in [6, 6.07) is 13.3. The van der Waals surface area contributed by atoms with Crippen molar-refractivity contribution in [3.8, 4) is 5.75 Å². The molecule has 0 saturated heterocycles. The Balaban J connectivity index is 2.51. The van der Waals surface area contributed by atoms with Gasteiger partial charge in [0.2, 0.25) is 5.24 Å². The number of carbonyl (C=O) groups excluding carboxylic acids is 1. The van der Waals surface area contributed by atoms with Crippen LogP contribution in [0.15, 0.2) is 59.5 Å². The minimum absolute atomic E-state index is 0.0867. The molecular formula is C17H18ClNO4S. The summed E-state index contributed by atoms with van der Waals surface area (Å²) in [5, 5.41) is -0.761. The topological polar surface area (TPSA) is 63.7 Å². The van der Waals surface area contributed by atoms with Gasteiger partial charge in [0.15, 0.2) is 0 Å². The molecule has 0 radical (unpaired) electrons. The maximum Gasteiger partial charge on any atom is 0.265 e. The van der Waals surface area contributed by atoms with Gasteiger partial charge in [-0.2, -0.15) is 0 Å². The predicted octanol–water partition coefficient (Wildman–Crippen LogP) is 3.43. The lowest BCUT2D eigenvalue weighted by atomic mass is 10.2. The number of ether oxygens (including phenoxy) is 1. The van der Waals surface area contributed by atoms with Crippen molar-refractivity contribution in [3.63, 3.8) is 0 Å². The van der Waals surface area contributed by atoms with Crippen molar-refractivity contribution in [1.82, 2.24) is 0 Å². The molecule has 1 unspecified atom stereocenters. The molecule has 0 fully saturated rings. The number of nitrogens with zero attached hydrogens (tertiary/aromatic N) is 1. The van der Waals surface area contributed by atoms with Crippen LogP contribution in [0.1, 0.15) is 13.8 Å². The third-order valence-electron chi connectivity index (χ3n) is 3.38. The van der Waals surface area contributed by atoms with Crippen LogP contribution >= 0.6 is 11.6 Å². The first kappa shape index (κ1) is 18.3. The second-order valence-electron chi connectivity index (χ2n) is 5.02. The molecule has 0 bridgehead atoms. The first-order valence-electron chi connectivity index (χ1n) is 7.39. The molecule has 7 heteroatoms. The highest BCUT2D eigenvalue weighted by atomic mass is 35.5. The van der Waals surface area contributed by atoms with Crippen molar-refractivity contribution in [2.75, 3.05) is 10.9 Å². The molecular weight excluding hydrogens is 350 g/mol. The van der Waals surface area contributed by atoms with Crippen LogP contribution in [0.4, 0.5) is 5.69 Å². The van der Waals surface area contributed by atoms with Gasteiger partial charge in [-0.25, -0.2) is 8.42 Å². The molecule has 5 nitrogen and oxygen atoms in total. The van der Waals surface area contributed by atoms with Gasteiger partial charge in [0.05, 0.1) is 17.2 Å². The third kappa shape index (κ3) is 3.88. The Morgan fingerprint density at radius 3 is 2.21 bits per heavy atom. The molecule has 128 valence electrons. The van der Waals surface area contributed by atoms with Crippen molar-refractivity contribution >= 4 is 32.6 Å². The van der Waals surface area contributed by atoms with E-state index in [-0.39, 0.29) is 4.90 Å².